The molecule has 5 heteroatoms. The quantitative estimate of drug-likeness (QED) is 0.553. The lowest BCUT2D eigenvalue weighted by molar-refractivity contribution is 0.0942. The number of nitrogens with one attached hydrogen (secondary N) is 1. The van der Waals surface area contributed by atoms with Crippen molar-refractivity contribution in [3.8, 4) is 5.75 Å². The third-order valence-corrected chi connectivity index (χ3v) is 4.49. The van der Waals surface area contributed by atoms with E-state index in [0.29, 0.717) is 31.3 Å². The zero-order valence-electron chi connectivity index (χ0n) is 16.3. The number of rotatable bonds is 9. The lowest BCUT2D eigenvalue weighted by atomic mass is 10.1. The summed E-state index contributed by atoms with van der Waals surface area (Å²) in [5.41, 5.74) is 2.36. The Labute approximate surface area is 160 Å². The van der Waals surface area contributed by atoms with Gasteiger partial charge in [-0.2, -0.15) is 0 Å². The predicted molar refractivity (Wildman–Crippen MR) is 107 cm³/mol. The molecule has 0 saturated carbocycles. The molecule has 0 spiro atoms. The summed E-state index contributed by atoms with van der Waals surface area (Å²) >= 11 is 0. The van der Waals surface area contributed by atoms with Crippen LogP contribution >= 0.6 is 0 Å². The van der Waals surface area contributed by atoms with Crippen LogP contribution in [0.4, 0.5) is 0 Å². The average molecular weight is 368 g/mol. The highest BCUT2D eigenvalue weighted by Gasteiger charge is 2.18. The van der Waals surface area contributed by atoms with Gasteiger partial charge in [0, 0.05) is 25.2 Å². The first kappa shape index (κ1) is 19.1. The largest absolute Gasteiger partial charge is 0.494 e. The molecule has 0 radical (unpaired) electrons. The van der Waals surface area contributed by atoms with Gasteiger partial charge < -0.3 is 19.0 Å². The summed E-state index contributed by atoms with van der Waals surface area (Å²) in [6, 6.07) is 13.6. The molecular weight excluding hydrogens is 340 g/mol. The second-order valence-electron chi connectivity index (χ2n) is 7.24. The molecule has 0 saturated heterocycles. The van der Waals surface area contributed by atoms with Crippen molar-refractivity contribution in [3.05, 3.63) is 53.9 Å². The van der Waals surface area contributed by atoms with Gasteiger partial charge in [0.2, 0.25) is 0 Å². The van der Waals surface area contributed by atoms with Crippen LogP contribution in [0.15, 0.2) is 46.9 Å². The van der Waals surface area contributed by atoms with Gasteiger partial charge in [-0.05, 0) is 37.8 Å². The monoisotopic (exact) mass is 368 g/mol. The summed E-state index contributed by atoms with van der Waals surface area (Å²) in [6.45, 7) is 8.19. The number of hydrogen-bond acceptors (Lipinski definition) is 3. The molecule has 0 aliphatic heterocycles. The molecule has 144 valence electrons. The van der Waals surface area contributed by atoms with Gasteiger partial charge in [0.05, 0.1) is 12.1 Å². The van der Waals surface area contributed by atoms with Crippen LogP contribution in [-0.2, 0) is 6.54 Å². The molecule has 0 aliphatic rings. The van der Waals surface area contributed by atoms with E-state index in [1.54, 1.807) is 0 Å². The lowest BCUT2D eigenvalue weighted by Crippen LogP contribution is -2.27. The topological polar surface area (TPSA) is 56.4 Å². The molecule has 3 rings (SSSR count). The first-order valence-electron chi connectivity index (χ1n) is 9.60. The predicted octanol–water partition coefficient (Wildman–Crippen LogP) is 4.79. The number of hydrogen-bond donors (Lipinski definition) is 1. The van der Waals surface area contributed by atoms with Gasteiger partial charge in [-0.25, -0.2) is 0 Å². The van der Waals surface area contributed by atoms with E-state index in [1.165, 1.54) is 0 Å². The van der Waals surface area contributed by atoms with Crippen LogP contribution in [0, 0.1) is 12.8 Å². The van der Waals surface area contributed by atoms with Gasteiger partial charge in [-0.15, -0.1) is 0 Å². The summed E-state index contributed by atoms with van der Waals surface area (Å²) in [7, 11) is 0. The van der Waals surface area contributed by atoms with E-state index in [1.807, 2.05) is 54.0 Å². The van der Waals surface area contributed by atoms with Crippen molar-refractivity contribution in [1.82, 2.24) is 9.88 Å². The minimum Gasteiger partial charge on any atom is -0.494 e. The molecule has 0 fully saturated rings. The van der Waals surface area contributed by atoms with E-state index in [4.69, 9.17) is 9.15 Å². The second-order valence-corrected chi connectivity index (χ2v) is 7.24. The molecule has 5 nitrogen and oxygen atoms in total. The van der Waals surface area contributed by atoms with Gasteiger partial charge >= 0.3 is 0 Å². The first-order valence-corrected chi connectivity index (χ1v) is 9.60. The van der Waals surface area contributed by atoms with Crippen LogP contribution in [0.1, 0.15) is 42.9 Å². The second kappa shape index (κ2) is 8.80. The molecule has 0 unspecified atom stereocenters. The van der Waals surface area contributed by atoms with Crippen molar-refractivity contribution in [2.45, 2.75) is 40.2 Å². The maximum atomic E-state index is 12.6. The van der Waals surface area contributed by atoms with Crippen molar-refractivity contribution >= 4 is 17.0 Å². The highest BCUT2D eigenvalue weighted by atomic mass is 16.5. The summed E-state index contributed by atoms with van der Waals surface area (Å²) in [4.78, 5) is 12.6. The molecule has 2 heterocycles. The number of ether oxygens (including phenoxy) is 1. The Morgan fingerprint density at radius 1 is 1.22 bits per heavy atom. The third-order valence-electron chi connectivity index (χ3n) is 4.49. The van der Waals surface area contributed by atoms with E-state index >= 15 is 0 Å². The van der Waals surface area contributed by atoms with Crippen LogP contribution in [0.5, 0.6) is 5.75 Å². The molecule has 0 aliphatic carbocycles. The van der Waals surface area contributed by atoms with Crippen molar-refractivity contribution in [3.63, 3.8) is 0 Å². The number of nitrogens with zero attached hydrogens (tertiary/aromatic N) is 1. The average Bonchev–Trinajstić information content (AvgIpc) is 3.15. The number of aryl methyl sites for hydroxylation is 2. The van der Waals surface area contributed by atoms with Gasteiger partial charge in [0.15, 0.2) is 5.58 Å². The van der Waals surface area contributed by atoms with Crippen molar-refractivity contribution in [1.29, 1.82) is 0 Å². The molecule has 1 aromatic carbocycles. The maximum absolute atomic E-state index is 12.6. The maximum Gasteiger partial charge on any atom is 0.268 e. The fourth-order valence-corrected chi connectivity index (χ4v) is 3.09. The first-order chi connectivity index (χ1) is 13.0. The normalized spacial score (nSPS) is 11.3. The fourth-order valence-electron chi connectivity index (χ4n) is 3.09. The highest BCUT2D eigenvalue weighted by Crippen LogP contribution is 2.24. The van der Waals surface area contributed by atoms with Gasteiger partial charge in [0.1, 0.15) is 17.2 Å². The van der Waals surface area contributed by atoms with E-state index in [-0.39, 0.29) is 5.91 Å². The zero-order valence-corrected chi connectivity index (χ0v) is 16.3. The van der Waals surface area contributed by atoms with E-state index < -0.39 is 0 Å². The molecule has 2 aromatic heterocycles. The van der Waals surface area contributed by atoms with E-state index in [9.17, 15) is 4.79 Å². The van der Waals surface area contributed by atoms with Crippen LogP contribution in [0.2, 0.25) is 0 Å². The minimum absolute atomic E-state index is 0.0521. The lowest BCUT2D eigenvalue weighted by Gasteiger charge is -2.12. The van der Waals surface area contributed by atoms with Gasteiger partial charge in [0.25, 0.3) is 5.91 Å². The van der Waals surface area contributed by atoms with E-state index in [2.05, 4.69) is 19.2 Å². The Morgan fingerprint density at radius 2 is 2.00 bits per heavy atom. The summed E-state index contributed by atoms with van der Waals surface area (Å²) in [5.74, 6) is 2.22. The standard InChI is InChI=1S/C22H28N2O3/c1-16(2)10-11-23-22(25)20-15-21-19(14-17(3)27-21)24(20)12-7-13-26-18-8-5-4-6-9-18/h4-6,8-9,14-16H,7,10-13H2,1-3H3,(H,23,25). The van der Waals surface area contributed by atoms with Crippen LogP contribution in [0.25, 0.3) is 11.1 Å². The van der Waals surface area contributed by atoms with Crippen LogP contribution in [0.3, 0.4) is 0 Å². The Hall–Kier alpha value is -2.69. The minimum atomic E-state index is -0.0521. The molecule has 0 bridgehead atoms. The molecule has 0 atom stereocenters. The molecule has 3 aromatic rings. The number of carbonyl (C=O) groups is 1. The molecule has 1 amide bonds. The molecule has 1 N–H and O–H groups in total. The van der Waals surface area contributed by atoms with Crippen molar-refractivity contribution in [2.24, 2.45) is 5.92 Å². The number of fused-ring (bicyclic) bond motifs is 1. The number of furan rings is 1. The number of amides is 1. The number of benzene rings is 1. The summed E-state index contributed by atoms with van der Waals surface area (Å²) < 4.78 is 13.5. The molecular formula is C22H28N2O3. The van der Waals surface area contributed by atoms with E-state index in [0.717, 1.165) is 35.5 Å². The van der Waals surface area contributed by atoms with Gasteiger partial charge in [-0.1, -0.05) is 32.0 Å². The van der Waals surface area contributed by atoms with Crippen molar-refractivity contribution < 1.29 is 13.9 Å². The Morgan fingerprint density at radius 3 is 2.74 bits per heavy atom. The Bertz CT molecular complexity index is 878. The summed E-state index contributed by atoms with van der Waals surface area (Å²) in [5, 5.41) is 3.02. The number of para-hydroxylation sites is 1. The highest BCUT2D eigenvalue weighted by molar-refractivity contribution is 5.97. The van der Waals surface area contributed by atoms with Crippen molar-refractivity contribution in [2.75, 3.05) is 13.2 Å². The Balaban J connectivity index is 1.67. The van der Waals surface area contributed by atoms with Crippen LogP contribution in [-0.4, -0.2) is 23.6 Å². The smallest absolute Gasteiger partial charge is 0.268 e. The summed E-state index contributed by atoms with van der Waals surface area (Å²) in [6.07, 6.45) is 1.77. The zero-order chi connectivity index (χ0) is 19.2. The van der Waals surface area contributed by atoms with Crippen LogP contribution < -0.4 is 10.1 Å². The number of aromatic nitrogens is 1. The fraction of sp³-hybridized carbons (Fsp3) is 0.409. The molecule has 27 heavy (non-hydrogen) atoms. The third kappa shape index (κ3) is 4.94. The number of carbonyl (C=O) groups excluding carboxylic acids is 1. The Kier molecular flexibility index (Phi) is 6.22. The van der Waals surface area contributed by atoms with Gasteiger partial charge in [-0.3, -0.25) is 4.79 Å². The SMILES string of the molecule is Cc1cc2c(cc(C(=O)NCCC(C)C)n2CCCOc2ccccc2)o1.